The summed E-state index contributed by atoms with van der Waals surface area (Å²) in [5.74, 6) is 0. The molecule has 0 aliphatic heterocycles. The van der Waals surface area contributed by atoms with Gasteiger partial charge in [-0.1, -0.05) is 12.1 Å². The van der Waals surface area contributed by atoms with Crippen LogP contribution in [0.15, 0.2) is 59.3 Å². The Balaban J connectivity index is 1.52. The minimum atomic E-state index is 1.35. The topological polar surface area (TPSA) is 0 Å². The van der Waals surface area contributed by atoms with Crippen LogP contribution in [0.5, 0.6) is 0 Å². The highest BCUT2D eigenvalue weighted by atomic mass is 32.1. The van der Waals surface area contributed by atoms with Gasteiger partial charge in [-0.05, 0) is 74.9 Å². The molecule has 170 valence electrons. The summed E-state index contributed by atoms with van der Waals surface area (Å²) in [6, 6.07) is 18.0. The van der Waals surface area contributed by atoms with Gasteiger partial charge in [0, 0.05) is 71.0 Å². The van der Waals surface area contributed by atoms with Crippen LogP contribution in [0.4, 0.5) is 0 Å². The average molecular weight is 551 g/mol. The molecular weight excluding hydrogens is 529 g/mol. The number of thiophene rings is 6. The van der Waals surface area contributed by atoms with E-state index in [4.69, 9.17) is 0 Å². The van der Waals surface area contributed by atoms with Crippen LogP contribution < -0.4 is 0 Å². The molecule has 6 heteroatoms. The third kappa shape index (κ3) is 3.81. The van der Waals surface area contributed by atoms with E-state index < -0.39 is 0 Å². The summed E-state index contributed by atoms with van der Waals surface area (Å²) in [5.41, 5.74) is 5.72. The van der Waals surface area contributed by atoms with Gasteiger partial charge in [-0.3, -0.25) is 0 Å². The van der Waals surface area contributed by atoms with Gasteiger partial charge < -0.3 is 0 Å². The summed E-state index contributed by atoms with van der Waals surface area (Å²) >= 11 is 11.4. The molecule has 6 aromatic rings. The van der Waals surface area contributed by atoms with Crippen LogP contribution >= 0.6 is 68.0 Å². The van der Waals surface area contributed by atoms with E-state index in [-0.39, 0.29) is 0 Å². The van der Waals surface area contributed by atoms with E-state index in [2.05, 4.69) is 87.0 Å². The van der Waals surface area contributed by atoms with E-state index in [0.29, 0.717) is 0 Å². The molecule has 6 rings (SSSR count). The molecule has 0 radical (unpaired) electrons. The summed E-state index contributed by atoms with van der Waals surface area (Å²) in [7, 11) is 0. The van der Waals surface area contributed by atoms with Crippen LogP contribution in [0.3, 0.4) is 0 Å². The molecule has 0 amide bonds. The second-order valence-electron chi connectivity index (χ2n) is 8.21. The SMILES string of the molecule is Cc1sc(C)c(-c2c(C)sc(C)c2-c2ccc(-c3cccs3)s2)c1-c1ccc(-c2cccs2)s1. The van der Waals surface area contributed by atoms with E-state index in [9.17, 15) is 0 Å². The highest BCUT2D eigenvalue weighted by Gasteiger charge is 2.26. The Hall–Kier alpha value is -1.80. The zero-order valence-electron chi connectivity index (χ0n) is 19.2. The van der Waals surface area contributed by atoms with Crippen LogP contribution in [-0.4, -0.2) is 0 Å². The number of hydrogen-bond acceptors (Lipinski definition) is 6. The molecule has 6 heterocycles. The molecule has 0 spiro atoms. The van der Waals surface area contributed by atoms with Crippen molar-refractivity contribution in [2.24, 2.45) is 0 Å². The van der Waals surface area contributed by atoms with Gasteiger partial charge in [-0.25, -0.2) is 0 Å². The Morgan fingerprint density at radius 1 is 0.382 bits per heavy atom. The molecule has 0 aliphatic carbocycles. The van der Waals surface area contributed by atoms with E-state index in [0.717, 1.165) is 0 Å². The summed E-state index contributed by atoms with van der Waals surface area (Å²) in [6.45, 7) is 9.17. The van der Waals surface area contributed by atoms with Crippen molar-refractivity contribution >= 4 is 68.0 Å². The van der Waals surface area contributed by atoms with Crippen molar-refractivity contribution in [1.82, 2.24) is 0 Å². The Kier molecular flexibility index (Phi) is 6.00. The first kappa shape index (κ1) is 22.7. The van der Waals surface area contributed by atoms with Crippen LogP contribution in [0.25, 0.3) is 51.5 Å². The lowest BCUT2D eigenvalue weighted by Gasteiger charge is -2.10. The first-order valence-electron chi connectivity index (χ1n) is 11.0. The molecule has 0 unspecified atom stereocenters. The second kappa shape index (κ2) is 9.01. The molecule has 0 fully saturated rings. The molecule has 6 aromatic heterocycles. The fraction of sp³-hybridized carbons (Fsp3) is 0.143. The standard InChI is InChI=1S/C28H22S6/c1-15-25(23-11-9-21(33-23)19-7-5-13-29-19)27(17(3)31-15)28-18(4)32-16(2)26(28)24-12-10-22(34-24)20-8-6-14-30-20/h5-14H,1-4H3. The van der Waals surface area contributed by atoms with Crippen molar-refractivity contribution in [2.45, 2.75) is 27.7 Å². The molecule has 0 N–H and O–H groups in total. The lowest BCUT2D eigenvalue weighted by atomic mass is 9.95. The fourth-order valence-electron chi connectivity index (χ4n) is 4.61. The fourth-order valence-corrected chi connectivity index (χ4v) is 10.8. The third-order valence-corrected chi connectivity index (χ3v) is 12.4. The predicted molar refractivity (Wildman–Crippen MR) is 160 cm³/mol. The molecule has 0 nitrogen and oxygen atoms in total. The monoisotopic (exact) mass is 550 g/mol. The predicted octanol–water partition coefficient (Wildman–Crippen LogP) is 11.6. The van der Waals surface area contributed by atoms with E-state index in [1.807, 2.05) is 68.0 Å². The molecule has 0 aliphatic rings. The molecule has 0 aromatic carbocycles. The summed E-state index contributed by atoms with van der Waals surface area (Å²) in [6.07, 6.45) is 0. The van der Waals surface area contributed by atoms with Crippen molar-refractivity contribution in [3.8, 4) is 51.5 Å². The van der Waals surface area contributed by atoms with Crippen molar-refractivity contribution in [3.05, 3.63) is 78.8 Å². The lowest BCUT2D eigenvalue weighted by molar-refractivity contribution is 1.53. The van der Waals surface area contributed by atoms with Gasteiger partial charge in [0.05, 0.1) is 0 Å². The van der Waals surface area contributed by atoms with E-state index in [1.165, 1.54) is 71.0 Å². The average Bonchev–Trinajstić information content (AvgIpc) is 3.62. The maximum absolute atomic E-state index is 2.33. The summed E-state index contributed by atoms with van der Waals surface area (Å²) in [4.78, 5) is 13.8. The smallest absolute Gasteiger partial charge is 0.0449 e. The molecule has 0 saturated carbocycles. The molecule has 0 bridgehead atoms. The maximum Gasteiger partial charge on any atom is 0.0449 e. The Morgan fingerprint density at radius 3 is 1.15 bits per heavy atom. The van der Waals surface area contributed by atoms with Gasteiger partial charge in [0.15, 0.2) is 0 Å². The highest BCUT2D eigenvalue weighted by molar-refractivity contribution is 7.24. The lowest BCUT2D eigenvalue weighted by Crippen LogP contribution is -1.86. The molecule has 0 atom stereocenters. The second-order valence-corrected chi connectivity index (χ2v) is 15.1. The molecule has 34 heavy (non-hydrogen) atoms. The van der Waals surface area contributed by atoms with Crippen LogP contribution in [0.2, 0.25) is 0 Å². The molecular formula is C28H22S6. The third-order valence-electron chi connectivity index (χ3n) is 6.00. The first-order valence-corrected chi connectivity index (χ1v) is 16.0. The minimum absolute atomic E-state index is 1.35. The first-order chi connectivity index (χ1) is 16.5. The quantitative estimate of drug-likeness (QED) is 0.200. The Labute approximate surface area is 224 Å². The van der Waals surface area contributed by atoms with Crippen molar-refractivity contribution in [3.63, 3.8) is 0 Å². The van der Waals surface area contributed by atoms with Crippen molar-refractivity contribution < 1.29 is 0 Å². The Bertz CT molecular complexity index is 1460. The van der Waals surface area contributed by atoms with Crippen LogP contribution in [0.1, 0.15) is 19.5 Å². The number of aryl methyl sites for hydroxylation is 4. The normalized spacial score (nSPS) is 11.5. The van der Waals surface area contributed by atoms with Gasteiger partial charge in [0.1, 0.15) is 0 Å². The van der Waals surface area contributed by atoms with Crippen molar-refractivity contribution in [1.29, 1.82) is 0 Å². The van der Waals surface area contributed by atoms with E-state index >= 15 is 0 Å². The zero-order chi connectivity index (χ0) is 23.4. The number of rotatable bonds is 5. The molecule has 0 saturated heterocycles. The maximum atomic E-state index is 2.33. The van der Waals surface area contributed by atoms with E-state index in [1.54, 1.807) is 0 Å². The van der Waals surface area contributed by atoms with Gasteiger partial charge in [-0.2, -0.15) is 0 Å². The Morgan fingerprint density at radius 2 is 0.765 bits per heavy atom. The van der Waals surface area contributed by atoms with Crippen LogP contribution in [0, 0.1) is 27.7 Å². The van der Waals surface area contributed by atoms with Gasteiger partial charge >= 0.3 is 0 Å². The van der Waals surface area contributed by atoms with Crippen LogP contribution in [-0.2, 0) is 0 Å². The summed E-state index contributed by atoms with van der Waals surface area (Å²) in [5, 5.41) is 4.32. The highest BCUT2D eigenvalue weighted by Crippen LogP contribution is 2.53. The van der Waals surface area contributed by atoms with Crippen molar-refractivity contribution in [2.75, 3.05) is 0 Å². The van der Waals surface area contributed by atoms with Gasteiger partial charge in [0.2, 0.25) is 0 Å². The summed E-state index contributed by atoms with van der Waals surface area (Å²) < 4.78 is 0. The zero-order valence-corrected chi connectivity index (χ0v) is 24.1. The van der Waals surface area contributed by atoms with Gasteiger partial charge in [-0.15, -0.1) is 68.0 Å². The van der Waals surface area contributed by atoms with Gasteiger partial charge in [0.25, 0.3) is 0 Å². The minimum Gasteiger partial charge on any atom is -0.145 e. The largest absolute Gasteiger partial charge is 0.145 e. The number of hydrogen-bond donors (Lipinski definition) is 0.